The van der Waals surface area contributed by atoms with Gasteiger partial charge in [-0.3, -0.25) is 4.79 Å². The average molecular weight is 473 g/mol. The maximum Gasteiger partial charge on any atom is 0.241 e. The number of likely N-dealkylation sites (tertiary alicyclic amines) is 1. The van der Waals surface area contributed by atoms with Gasteiger partial charge in [-0.1, -0.05) is 29.8 Å². The largest absolute Gasteiger partial charge is 0.376 e. The first-order valence-electron chi connectivity index (χ1n) is 10.6. The molecule has 2 fully saturated rings. The van der Waals surface area contributed by atoms with Crippen molar-refractivity contribution in [3.63, 3.8) is 0 Å². The number of hydrogen-bond acceptors (Lipinski definition) is 6. The minimum atomic E-state index is 0.0520. The van der Waals surface area contributed by atoms with Crippen molar-refractivity contribution in [3.05, 3.63) is 52.4 Å². The van der Waals surface area contributed by atoms with E-state index in [0.29, 0.717) is 22.5 Å². The van der Waals surface area contributed by atoms with Crippen LogP contribution in [0.25, 0.3) is 6.08 Å². The summed E-state index contributed by atoms with van der Waals surface area (Å²) in [6.07, 6.45) is 5.44. The molecule has 168 valence electrons. The summed E-state index contributed by atoms with van der Waals surface area (Å²) in [5.41, 5.74) is 4.45. The van der Waals surface area contributed by atoms with Crippen LogP contribution in [0.4, 0.5) is 17.3 Å². The molecule has 0 bridgehead atoms. The third-order valence-electron chi connectivity index (χ3n) is 6.14. The molecule has 3 heterocycles. The van der Waals surface area contributed by atoms with Gasteiger partial charge in [0.1, 0.15) is 18.0 Å². The summed E-state index contributed by atoms with van der Waals surface area (Å²) >= 11 is 12.1. The van der Waals surface area contributed by atoms with Gasteiger partial charge in [0.15, 0.2) is 0 Å². The molecule has 9 heteroatoms. The van der Waals surface area contributed by atoms with Gasteiger partial charge >= 0.3 is 0 Å². The molecule has 7 nitrogen and oxygen atoms in total. The molecule has 1 aromatic carbocycles. The van der Waals surface area contributed by atoms with Gasteiger partial charge < -0.3 is 20.4 Å². The lowest BCUT2D eigenvalue weighted by Crippen LogP contribution is -2.51. The number of fused-ring (bicyclic) bond motifs is 1. The Bertz CT molecular complexity index is 1030. The Morgan fingerprint density at radius 2 is 2.00 bits per heavy atom. The number of carbonyl (C=O) groups excluding carboxylic acids is 1. The van der Waals surface area contributed by atoms with Crippen molar-refractivity contribution in [2.45, 2.75) is 18.9 Å². The van der Waals surface area contributed by atoms with Crippen molar-refractivity contribution in [1.29, 1.82) is 0 Å². The predicted molar refractivity (Wildman–Crippen MR) is 131 cm³/mol. The first kappa shape index (κ1) is 22.5. The highest BCUT2D eigenvalue weighted by molar-refractivity contribution is 6.35. The van der Waals surface area contributed by atoms with Gasteiger partial charge in [0.2, 0.25) is 5.91 Å². The molecule has 2 unspecified atom stereocenters. The summed E-state index contributed by atoms with van der Waals surface area (Å²) in [6.45, 7) is 6.23. The Labute approximate surface area is 198 Å². The van der Waals surface area contributed by atoms with Crippen LogP contribution in [-0.4, -0.2) is 60.0 Å². The lowest BCUT2D eigenvalue weighted by Gasteiger charge is -2.39. The van der Waals surface area contributed by atoms with Gasteiger partial charge in [-0.2, -0.15) is 0 Å². The lowest BCUT2D eigenvalue weighted by molar-refractivity contribution is -0.130. The molecule has 0 saturated carbocycles. The number of nitrogens with one attached hydrogen (secondary N) is 2. The highest BCUT2D eigenvalue weighted by Gasteiger charge is 2.40. The van der Waals surface area contributed by atoms with Gasteiger partial charge in [0, 0.05) is 42.4 Å². The second kappa shape index (κ2) is 9.82. The minimum Gasteiger partial charge on any atom is -0.376 e. The second-order valence-corrected chi connectivity index (χ2v) is 8.88. The highest BCUT2D eigenvalue weighted by Crippen LogP contribution is 2.37. The SMILES string of the molecule is C=C=Cc1c(NC)ncnc1N1CCC2CCN(C(=O)CNc3cc(Cl)cc(Cl)c3)CC21. The molecule has 2 aromatic rings. The Morgan fingerprint density at radius 1 is 1.25 bits per heavy atom. The molecule has 2 saturated heterocycles. The van der Waals surface area contributed by atoms with Crippen molar-refractivity contribution in [3.8, 4) is 0 Å². The number of aromatic nitrogens is 2. The molecular weight excluding hydrogens is 447 g/mol. The second-order valence-electron chi connectivity index (χ2n) is 8.01. The molecule has 2 aliphatic heterocycles. The number of anilines is 3. The Balaban J connectivity index is 1.48. The van der Waals surface area contributed by atoms with Gasteiger partial charge in [-0.15, -0.1) is 5.73 Å². The monoisotopic (exact) mass is 472 g/mol. The zero-order valence-electron chi connectivity index (χ0n) is 17.9. The van der Waals surface area contributed by atoms with Crippen LogP contribution in [0.1, 0.15) is 18.4 Å². The quantitative estimate of drug-likeness (QED) is 0.614. The maximum absolute atomic E-state index is 13.0. The molecule has 32 heavy (non-hydrogen) atoms. The van der Waals surface area contributed by atoms with Crippen molar-refractivity contribution in [2.24, 2.45) is 5.92 Å². The third kappa shape index (κ3) is 4.70. The van der Waals surface area contributed by atoms with Crippen LogP contribution in [0.2, 0.25) is 10.0 Å². The van der Waals surface area contributed by atoms with Crippen LogP contribution < -0.4 is 15.5 Å². The fraction of sp³-hybridized carbons (Fsp3) is 0.391. The fourth-order valence-electron chi connectivity index (χ4n) is 4.62. The molecule has 0 spiro atoms. The van der Waals surface area contributed by atoms with Crippen LogP contribution in [0.3, 0.4) is 0 Å². The van der Waals surface area contributed by atoms with Gasteiger partial charge in [-0.05, 0) is 43.0 Å². The lowest BCUT2D eigenvalue weighted by atomic mass is 9.92. The number of rotatable bonds is 6. The number of nitrogens with zero attached hydrogens (tertiary/aromatic N) is 4. The zero-order chi connectivity index (χ0) is 22.7. The summed E-state index contributed by atoms with van der Waals surface area (Å²) in [4.78, 5) is 26.1. The topological polar surface area (TPSA) is 73.4 Å². The summed E-state index contributed by atoms with van der Waals surface area (Å²) in [5, 5.41) is 7.32. The smallest absolute Gasteiger partial charge is 0.241 e. The Hall–Kier alpha value is -2.73. The van der Waals surface area contributed by atoms with Crippen molar-refractivity contribution in [1.82, 2.24) is 14.9 Å². The Morgan fingerprint density at radius 3 is 2.72 bits per heavy atom. The molecule has 2 N–H and O–H groups in total. The first-order valence-corrected chi connectivity index (χ1v) is 11.4. The summed E-state index contributed by atoms with van der Waals surface area (Å²) in [6, 6.07) is 5.39. The predicted octanol–water partition coefficient (Wildman–Crippen LogP) is 4.16. The zero-order valence-corrected chi connectivity index (χ0v) is 19.5. The number of piperidine rings is 1. The van der Waals surface area contributed by atoms with Crippen LogP contribution in [0, 0.1) is 5.92 Å². The Kier molecular flexibility index (Phi) is 6.89. The van der Waals surface area contributed by atoms with E-state index >= 15 is 0 Å². The molecule has 2 aliphatic rings. The number of carbonyl (C=O) groups is 1. The van der Waals surface area contributed by atoms with E-state index in [-0.39, 0.29) is 18.5 Å². The number of halogens is 2. The van der Waals surface area contributed by atoms with E-state index in [0.717, 1.165) is 48.8 Å². The van der Waals surface area contributed by atoms with Crippen molar-refractivity contribution >= 4 is 52.5 Å². The maximum atomic E-state index is 13.0. The molecule has 2 atom stereocenters. The summed E-state index contributed by atoms with van der Waals surface area (Å²) in [7, 11) is 1.83. The van der Waals surface area contributed by atoms with E-state index in [1.807, 2.05) is 11.9 Å². The molecular formula is C23H26Cl2N6O. The molecule has 1 aromatic heterocycles. The van der Waals surface area contributed by atoms with Crippen LogP contribution in [0.5, 0.6) is 0 Å². The fourth-order valence-corrected chi connectivity index (χ4v) is 5.15. The van der Waals surface area contributed by atoms with Crippen LogP contribution in [0.15, 0.2) is 36.8 Å². The minimum absolute atomic E-state index is 0.0520. The molecule has 1 amide bonds. The normalized spacial score (nSPS) is 19.8. The van der Waals surface area contributed by atoms with E-state index in [4.69, 9.17) is 23.2 Å². The van der Waals surface area contributed by atoms with E-state index in [2.05, 4.69) is 37.8 Å². The van der Waals surface area contributed by atoms with Gasteiger partial charge in [-0.25, -0.2) is 9.97 Å². The number of amides is 1. The van der Waals surface area contributed by atoms with E-state index in [1.54, 1.807) is 30.6 Å². The van der Waals surface area contributed by atoms with Crippen LogP contribution in [-0.2, 0) is 4.79 Å². The third-order valence-corrected chi connectivity index (χ3v) is 6.58. The average Bonchev–Trinajstić information content (AvgIpc) is 3.20. The van der Waals surface area contributed by atoms with Gasteiger partial charge in [0.25, 0.3) is 0 Å². The molecule has 4 rings (SSSR count). The number of benzene rings is 1. The van der Waals surface area contributed by atoms with Crippen molar-refractivity contribution < 1.29 is 4.79 Å². The highest BCUT2D eigenvalue weighted by atomic mass is 35.5. The summed E-state index contributed by atoms with van der Waals surface area (Å²) < 4.78 is 0. The van der Waals surface area contributed by atoms with E-state index < -0.39 is 0 Å². The van der Waals surface area contributed by atoms with Crippen LogP contribution >= 0.6 is 23.2 Å². The molecule has 0 radical (unpaired) electrons. The standard InChI is InChI=1S/C23H26Cl2N6O/c1-3-4-19-22(26-2)28-14-29-23(19)31-8-6-15-5-7-30(13-20(15)31)21(32)12-27-18-10-16(24)9-17(25)11-18/h4,9-11,14-15,20,27H,1,5-8,12-13H2,2H3,(H,26,28,29). The number of hydrogen-bond donors (Lipinski definition) is 2. The summed E-state index contributed by atoms with van der Waals surface area (Å²) in [5.74, 6) is 2.18. The molecule has 0 aliphatic carbocycles. The van der Waals surface area contributed by atoms with Crippen molar-refractivity contribution in [2.75, 3.05) is 48.8 Å². The van der Waals surface area contributed by atoms with Gasteiger partial charge in [0.05, 0.1) is 18.2 Å². The van der Waals surface area contributed by atoms with E-state index in [1.165, 1.54) is 0 Å². The first-order chi connectivity index (χ1) is 15.5. The van der Waals surface area contributed by atoms with E-state index in [9.17, 15) is 4.79 Å².